The normalized spacial score (nSPS) is 16.7. The Kier molecular flexibility index (Phi) is 5.36. The number of hydrogen-bond donors (Lipinski definition) is 2. The summed E-state index contributed by atoms with van der Waals surface area (Å²) in [5.74, 6) is 0.227. The van der Waals surface area contributed by atoms with Crippen LogP contribution in [0.5, 0.6) is 0 Å². The standard InChI is InChI=1S/C5H13ClNO2P/c1-2-4-7-10(8,9)5-3-6/h2-5H2,1H3,(H2,7,8,9). The van der Waals surface area contributed by atoms with Crippen molar-refractivity contribution in [2.24, 2.45) is 0 Å². The lowest BCUT2D eigenvalue weighted by Crippen LogP contribution is -2.13. The highest BCUT2D eigenvalue weighted by Gasteiger charge is 2.14. The summed E-state index contributed by atoms with van der Waals surface area (Å²) in [6.45, 7) is 2.51. The minimum atomic E-state index is -3.09. The van der Waals surface area contributed by atoms with Crippen LogP contribution in [-0.2, 0) is 4.57 Å². The molecular weight excluding hydrogens is 172 g/mol. The van der Waals surface area contributed by atoms with Crippen LogP contribution in [0.2, 0.25) is 0 Å². The van der Waals surface area contributed by atoms with Gasteiger partial charge in [-0.1, -0.05) is 6.92 Å². The Hall–Kier alpha value is 0.440. The van der Waals surface area contributed by atoms with E-state index in [0.29, 0.717) is 6.54 Å². The van der Waals surface area contributed by atoms with Crippen LogP contribution in [0.25, 0.3) is 0 Å². The fourth-order valence-electron chi connectivity index (χ4n) is 0.480. The molecule has 0 rings (SSSR count). The van der Waals surface area contributed by atoms with E-state index in [4.69, 9.17) is 16.5 Å². The molecule has 5 heteroatoms. The van der Waals surface area contributed by atoms with Gasteiger partial charge in [-0.25, -0.2) is 5.09 Å². The van der Waals surface area contributed by atoms with Crippen LogP contribution < -0.4 is 5.09 Å². The molecular formula is C5H13ClNO2P. The van der Waals surface area contributed by atoms with Crippen LogP contribution in [0.15, 0.2) is 0 Å². The molecule has 0 radical (unpaired) electrons. The van der Waals surface area contributed by atoms with E-state index < -0.39 is 7.52 Å². The summed E-state index contributed by atoms with van der Waals surface area (Å²) in [7, 11) is -3.09. The van der Waals surface area contributed by atoms with E-state index >= 15 is 0 Å². The minimum Gasteiger partial charge on any atom is -0.333 e. The number of alkyl halides is 1. The van der Waals surface area contributed by atoms with E-state index in [-0.39, 0.29) is 12.0 Å². The first kappa shape index (κ1) is 10.4. The van der Waals surface area contributed by atoms with Gasteiger partial charge in [0.2, 0.25) is 0 Å². The lowest BCUT2D eigenvalue weighted by molar-refractivity contribution is 0.464. The van der Waals surface area contributed by atoms with Crippen molar-refractivity contribution < 1.29 is 9.46 Å². The second-order valence-corrected chi connectivity index (χ2v) is 4.57. The Balaban J connectivity index is 3.53. The number of rotatable bonds is 5. The molecule has 0 saturated heterocycles. The molecule has 0 fully saturated rings. The molecule has 0 bridgehead atoms. The molecule has 0 spiro atoms. The smallest absolute Gasteiger partial charge is 0.268 e. The maximum atomic E-state index is 10.9. The number of hydrogen-bond acceptors (Lipinski definition) is 1. The van der Waals surface area contributed by atoms with E-state index in [1.54, 1.807) is 0 Å². The third-order valence-electron chi connectivity index (χ3n) is 0.996. The second-order valence-electron chi connectivity index (χ2n) is 2.02. The maximum Gasteiger partial charge on any atom is 0.268 e. The SMILES string of the molecule is CCCNP(=O)(O)CCCl. The molecule has 0 heterocycles. The predicted molar refractivity (Wildman–Crippen MR) is 43.7 cm³/mol. The summed E-state index contributed by atoms with van der Waals surface area (Å²) in [4.78, 5) is 9.01. The topological polar surface area (TPSA) is 49.3 Å². The van der Waals surface area contributed by atoms with Gasteiger partial charge in [-0.15, -0.1) is 11.6 Å². The first-order valence-electron chi connectivity index (χ1n) is 3.25. The lowest BCUT2D eigenvalue weighted by Gasteiger charge is -2.09. The monoisotopic (exact) mass is 185 g/mol. The van der Waals surface area contributed by atoms with E-state index in [2.05, 4.69) is 5.09 Å². The van der Waals surface area contributed by atoms with E-state index in [1.807, 2.05) is 6.92 Å². The average molecular weight is 186 g/mol. The van der Waals surface area contributed by atoms with Crippen LogP contribution in [0.1, 0.15) is 13.3 Å². The first-order chi connectivity index (χ1) is 4.62. The first-order valence-corrected chi connectivity index (χ1v) is 5.63. The zero-order valence-electron chi connectivity index (χ0n) is 6.01. The molecule has 0 aliphatic carbocycles. The van der Waals surface area contributed by atoms with E-state index in [1.165, 1.54) is 0 Å². The van der Waals surface area contributed by atoms with Crippen LogP contribution in [-0.4, -0.2) is 23.5 Å². The Morgan fingerprint density at radius 2 is 2.30 bits per heavy atom. The fraction of sp³-hybridized carbons (Fsp3) is 1.00. The summed E-state index contributed by atoms with van der Waals surface area (Å²) >= 11 is 5.29. The van der Waals surface area contributed by atoms with Gasteiger partial charge in [-0.05, 0) is 6.42 Å². The molecule has 1 atom stereocenters. The Morgan fingerprint density at radius 3 is 2.70 bits per heavy atom. The molecule has 0 aliphatic heterocycles. The summed E-state index contributed by atoms with van der Waals surface area (Å²) in [5.41, 5.74) is 0. The molecule has 0 aromatic rings. The molecule has 3 nitrogen and oxygen atoms in total. The second kappa shape index (κ2) is 5.14. The number of halogens is 1. The molecule has 0 saturated carbocycles. The van der Waals surface area contributed by atoms with Crippen LogP contribution in [0.3, 0.4) is 0 Å². The van der Waals surface area contributed by atoms with E-state index in [0.717, 1.165) is 6.42 Å². The summed E-state index contributed by atoms with van der Waals surface area (Å²) in [5, 5.41) is 2.54. The number of nitrogens with one attached hydrogen (secondary N) is 1. The highest BCUT2D eigenvalue weighted by atomic mass is 35.5. The Bertz CT molecular complexity index is 131. The zero-order chi connectivity index (χ0) is 8.04. The molecule has 1 unspecified atom stereocenters. The van der Waals surface area contributed by atoms with Crippen molar-refractivity contribution in [1.82, 2.24) is 5.09 Å². The quantitative estimate of drug-likeness (QED) is 0.503. The predicted octanol–water partition coefficient (Wildman–Crippen LogP) is 1.41. The van der Waals surface area contributed by atoms with Crippen molar-refractivity contribution >= 4 is 19.1 Å². The van der Waals surface area contributed by atoms with E-state index in [9.17, 15) is 4.57 Å². The molecule has 0 aromatic heterocycles. The third-order valence-corrected chi connectivity index (χ3v) is 3.00. The van der Waals surface area contributed by atoms with Crippen molar-refractivity contribution in [2.75, 3.05) is 18.6 Å². The zero-order valence-corrected chi connectivity index (χ0v) is 7.66. The maximum absolute atomic E-state index is 10.9. The Labute approximate surface area is 66.3 Å². The third kappa shape index (κ3) is 5.24. The van der Waals surface area contributed by atoms with Gasteiger partial charge in [-0.3, -0.25) is 4.57 Å². The molecule has 0 aromatic carbocycles. The van der Waals surface area contributed by atoms with Gasteiger partial charge in [0.25, 0.3) is 7.52 Å². The average Bonchev–Trinajstić information content (AvgIpc) is 1.84. The van der Waals surface area contributed by atoms with Crippen molar-refractivity contribution in [1.29, 1.82) is 0 Å². The van der Waals surface area contributed by atoms with Gasteiger partial charge in [0.1, 0.15) is 0 Å². The highest BCUT2D eigenvalue weighted by molar-refractivity contribution is 7.55. The molecule has 10 heavy (non-hydrogen) atoms. The lowest BCUT2D eigenvalue weighted by atomic mass is 10.5. The Morgan fingerprint density at radius 1 is 1.70 bits per heavy atom. The molecule has 2 N–H and O–H groups in total. The van der Waals surface area contributed by atoms with Gasteiger partial charge in [0.05, 0.1) is 6.16 Å². The molecule has 0 aliphatic rings. The van der Waals surface area contributed by atoms with Gasteiger partial charge in [0, 0.05) is 12.4 Å². The fourth-order valence-corrected chi connectivity index (χ4v) is 2.13. The van der Waals surface area contributed by atoms with Crippen molar-refractivity contribution in [3.63, 3.8) is 0 Å². The minimum absolute atomic E-state index is 0.147. The van der Waals surface area contributed by atoms with Gasteiger partial charge in [-0.2, -0.15) is 0 Å². The van der Waals surface area contributed by atoms with Gasteiger partial charge in [0.15, 0.2) is 0 Å². The molecule has 62 valence electrons. The van der Waals surface area contributed by atoms with Crippen LogP contribution in [0.4, 0.5) is 0 Å². The largest absolute Gasteiger partial charge is 0.333 e. The summed E-state index contributed by atoms with van der Waals surface area (Å²) < 4.78 is 10.9. The van der Waals surface area contributed by atoms with Gasteiger partial charge >= 0.3 is 0 Å². The molecule has 0 amide bonds. The van der Waals surface area contributed by atoms with Crippen LogP contribution >= 0.6 is 19.1 Å². The van der Waals surface area contributed by atoms with Crippen molar-refractivity contribution in [2.45, 2.75) is 13.3 Å². The van der Waals surface area contributed by atoms with Crippen LogP contribution in [0, 0.1) is 0 Å². The van der Waals surface area contributed by atoms with Gasteiger partial charge < -0.3 is 4.89 Å². The summed E-state index contributed by atoms with van der Waals surface area (Å²) in [6.07, 6.45) is 1.00. The van der Waals surface area contributed by atoms with Crippen molar-refractivity contribution in [3.05, 3.63) is 0 Å². The highest BCUT2D eigenvalue weighted by Crippen LogP contribution is 2.34. The van der Waals surface area contributed by atoms with Crippen molar-refractivity contribution in [3.8, 4) is 0 Å². The summed E-state index contributed by atoms with van der Waals surface area (Å²) in [6, 6.07) is 0.